The number of benzene rings is 3. The maximum Gasteiger partial charge on any atom is 0.296 e. The molecule has 34 heavy (non-hydrogen) atoms. The average molecular weight is 503 g/mol. The molecule has 0 saturated carbocycles. The van der Waals surface area contributed by atoms with Crippen molar-refractivity contribution in [3.63, 3.8) is 0 Å². The Morgan fingerprint density at radius 1 is 0.647 bits per heavy atom. The van der Waals surface area contributed by atoms with E-state index in [1.54, 1.807) is 24.3 Å². The highest BCUT2D eigenvalue weighted by atomic mass is 32.2. The van der Waals surface area contributed by atoms with Gasteiger partial charge in [-0.25, -0.2) is 0 Å². The second kappa shape index (κ2) is 11.8. The van der Waals surface area contributed by atoms with Crippen LogP contribution in [0.5, 0.6) is 0 Å². The summed E-state index contributed by atoms with van der Waals surface area (Å²) >= 11 is 0. The zero-order valence-corrected chi connectivity index (χ0v) is 21.0. The van der Waals surface area contributed by atoms with E-state index in [0.717, 1.165) is 29.5 Å². The van der Waals surface area contributed by atoms with E-state index in [1.165, 1.54) is 24.3 Å². The van der Waals surface area contributed by atoms with Crippen LogP contribution >= 0.6 is 0 Å². The van der Waals surface area contributed by atoms with Crippen molar-refractivity contribution < 1.29 is 25.2 Å². The molecule has 0 aliphatic carbocycles. The van der Waals surface area contributed by atoms with E-state index in [-0.39, 0.29) is 23.0 Å². The van der Waals surface area contributed by atoms with Crippen LogP contribution in [0.15, 0.2) is 88.7 Å². The van der Waals surface area contributed by atoms with Crippen molar-refractivity contribution in [2.75, 3.05) is 13.2 Å². The predicted octanol–water partition coefficient (Wildman–Crippen LogP) is 5.05. The SMILES string of the molecule is Cc1ccc(S(=O)(=O)OCC(CCCc2ccccc2)COS(=O)(=O)c2ccc(C)cc2)cc1. The van der Waals surface area contributed by atoms with E-state index in [0.29, 0.717) is 6.42 Å². The van der Waals surface area contributed by atoms with E-state index in [4.69, 9.17) is 8.37 Å². The lowest BCUT2D eigenvalue weighted by Crippen LogP contribution is -2.22. The smallest absolute Gasteiger partial charge is 0.266 e. The minimum atomic E-state index is -3.97. The van der Waals surface area contributed by atoms with Gasteiger partial charge in [-0.05, 0) is 62.9 Å². The molecule has 3 aromatic carbocycles. The molecule has 3 aromatic rings. The van der Waals surface area contributed by atoms with Gasteiger partial charge in [-0.1, -0.05) is 65.7 Å². The Hall–Kier alpha value is -2.52. The van der Waals surface area contributed by atoms with Gasteiger partial charge >= 0.3 is 0 Å². The zero-order valence-electron chi connectivity index (χ0n) is 19.4. The quantitative estimate of drug-likeness (QED) is 0.322. The summed E-state index contributed by atoms with van der Waals surface area (Å²) in [6.07, 6.45) is 2.06. The third-order valence-electron chi connectivity index (χ3n) is 5.46. The molecule has 0 amide bonds. The number of hydrogen-bond acceptors (Lipinski definition) is 6. The standard InChI is InChI=1S/C26H30O6S2/c1-21-11-15-25(16-12-21)33(27,28)31-19-24(10-6-9-23-7-4-3-5-8-23)20-32-34(29,30)26-17-13-22(2)14-18-26/h3-5,7-8,11-18,24H,6,9-10,19-20H2,1-2H3. The maximum atomic E-state index is 12.6. The first-order chi connectivity index (χ1) is 16.2. The molecule has 0 heterocycles. The topological polar surface area (TPSA) is 86.7 Å². The Balaban J connectivity index is 1.66. The molecule has 0 radical (unpaired) electrons. The van der Waals surface area contributed by atoms with E-state index in [1.807, 2.05) is 44.2 Å². The van der Waals surface area contributed by atoms with E-state index < -0.39 is 26.2 Å². The fourth-order valence-corrected chi connectivity index (χ4v) is 5.33. The fraction of sp³-hybridized carbons (Fsp3) is 0.308. The van der Waals surface area contributed by atoms with Gasteiger partial charge in [-0.2, -0.15) is 16.8 Å². The number of rotatable bonds is 12. The summed E-state index contributed by atoms with van der Waals surface area (Å²) in [5.74, 6) is -0.427. The second-order valence-corrected chi connectivity index (χ2v) is 11.6. The summed E-state index contributed by atoms with van der Waals surface area (Å²) in [6.45, 7) is 3.39. The highest BCUT2D eigenvalue weighted by Gasteiger charge is 2.22. The Labute approximate surface area is 202 Å². The molecule has 0 spiro atoms. The van der Waals surface area contributed by atoms with Crippen molar-refractivity contribution in [2.45, 2.75) is 42.9 Å². The van der Waals surface area contributed by atoms with E-state index >= 15 is 0 Å². The largest absolute Gasteiger partial charge is 0.296 e. The molecule has 0 atom stereocenters. The molecular weight excluding hydrogens is 472 g/mol. The third-order valence-corrected chi connectivity index (χ3v) is 8.05. The lowest BCUT2D eigenvalue weighted by atomic mass is 10.0. The summed E-state index contributed by atoms with van der Waals surface area (Å²) in [4.78, 5) is 0.128. The van der Waals surface area contributed by atoms with Gasteiger partial charge in [0.15, 0.2) is 0 Å². The van der Waals surface area contributed by atoms with Crippen molar-refractivity contribution in [2.24, 2.45) is 5.92 Å². The van der Waals surface area contributed by atoms with Gasteiger partial charge in [0.1, 0.15) is 0 Å². The van der Waals surface area contributed by atoms with Gasteiger partial charge in [0.2, 0.25) is 0 Å². The lowest BCUT2D eigenvalue weighted by Gasteiger charge is -2.17. The second-order valence-electron chi connectivity index (χ2n) is 8.35. The Morgan fingerprint density at radius 3 is 1.53 bits per heavy atom. The molecule has 8 heteroatoms. The first kappa shape index (κ1) is 26.1. The van der Waals surface area contributed by atoms with E-state index in [2.05, 4.69) is 0 Å². The van der Waals surface area contributed by atoms with Gasteiger partial charge in [0.05, 0.1) is 23.0 Å². The minimum Gasteiger partial charge on any atom is -0.266 e. The zero-order chi connectivity index (χ0) is 24.6. The molecular formula is C26H30O6S2. The molecule has 0 aliphatic rings. The van der Waals surface area contributed by atoms with Crippen LogP contribution < -0.4 is 0 Å². The molecule has 0 aliphatic heterocycles. The highest BCUT2D eigenvalue weighted by Crippen LogP contribution is 2.20. The summed E-state index contributed by atoms with van der Waals surface area (Å²) in [7, 11) is -7.93. The molecule has 3 rings (SSSR count). The number of aryl methyl sites for hydroxylation is 3. The van der Waals surface area contributed by atoms with Crippen LogP contribution in [0.25, 0.3) is 0 Å². The summed E-state index contributed by atoms with van der Waals surface area (Å²) in [5.41, 5.74) is 3.03. The van der Waals surface area contributed by atoms with Crippen LogP contribution in [-0.2, 0) is 35.0 Å². The first-order valence-corrected chi connectivity index (χ1v) is 13.9. The molecule has 0 N–H and O–H groups in total. The van der Waals surface area contributed by atoms with Crippen molar-refractivity contribution in [1.82, 2.24) is 0 Å². The maximum absolute atomic E-state index is 12.6. The van der Waals surface area contributed by atoms with Gasteiger partial charge in [0, 0.05) is 5.92 Å². The first-order valence-electron chi connectivity index (χ1n) is 11.1. The van der Waals surface area contributed by atoms with Gasteiger partial charge in [0.25, 0.3) is 20.2 Å². The predicted molar refractivity (Wildman–Crippen MR) is 132 cm³/mol. The van der Waals surface area contributed by atoms with Gasteiger partial charge < -0.3 is 0 Å². The van der Waals surface area contributed by atoms with Crippen LogP contribution in [0, 0.1) is 19.8 Å². The van der Waals surface area contributed by atoms with Crippen LogP contribution in [0.4, 0.5) is 0 Å². The third kappa shape index (κ3) is 7.77. The number of hydrogen-bond donors (Lipinski definition) is 0. The minimum absolute atomic E-state index is 0.0642. The van der Waals surface area contributed by atoms with Crippen molar-refractivity contribution in [3.8, 4) is 0 Å². The monoisotopic (exact) mass is 502 g/mol. The highest BCUT2D eigenvalue weighted by molar-refractivity contribution is 7.87. The average Bonchev–Trinajstić information content (AvgIpc) is 2.82. The molecule has 0 fully saturated rings. The molecule has 0 bridgehead atoms. The summed E-state index contributed by atoms with van der Waals surface area (Å²) < 4.78 is 61.1. The van der Waals surface area contributed by atoms with Crippen molar-refractivity contribution in [3.05, 3.63) is 95.6 Å². The fourth-order valence-electron chi connectivity index (χ4n) is 3.37. The van der Waals surface area contributed by atoms with Crippen LogP contribution in [-0.4, -0.2) is 30.0 Å². The Bertz CT molecular complexity index is 1170. The van der Waals surface area contributed by atoms with Crippen LogP contribution in [0.1, 0.15) is 29.5 Å². The molecule has 0 saturated heterocycles. The van der Waals surface area contributed by atoms with Gasteiger partial charge in [-0.3, -0.25) is 8.37 Å². The van der Waals surface area contributed by atoms with Crippen molar-refractivity contribution >= 4 is 20.2 Å². The molecule has 0 unspecified atom stereocenters. The Kier molecular flexibility index (Phi) is 9.02. The molecule has 0 aromatic heterocycles. The summed E-state index contributed by atoms with van der Waals surface area (Å²) in [5, 5.41) is 0. The molecule has 182 valence electrons. The van der Waals surface area contributed by atoms with Crippen molar-refractivity contribution in [1.29, 1.82) is 0 Å². The lowest BCUT2D eigenvalue weighted by molar-refractivity contribution is 0.175. The van der Waals surface area contributed by atoms with Gasteiger partial charge in [-0.15, -0.1) is 0 Å². The molecule has 6 nitrogen and oxygen atoms in total. The normalized spacial score (nSPS) is 12.2. The van der Waals surface area contributed by atoms with Crippen LogP contribution in [0.3, 0.4) is 0 Å². The summed E-state index contributed by atoms with van der Waals surface area (Å²) in [6, 6.07) is 22.7. The van der Waals surface area contributed by atoms with Crippen LogP contribution in [0.2, 0.25) is 0 Å². The Morgan fingerprint density at radius 2 is 1.09 bits per heavy atom. The van der Waals surface area contributed by atoms with E-state index in [9.17, 15) is 16.8 Å².